The molecule has 0 aromatic rings. The summed E-state index contributed by atoms with van der Waals surface area (Å²) in [5, 5.41) is 0. The lowest BCUT2D eigenvalue weighted by Crippen LogP contribution is -2.21. The SMILES string of the molecule is C/C=C(\S)[S-](=O)=NC(=O)OC(C)(C)C. The van der Waals surface area contributed by atoms with E-state index < -0.39 is 22.3 Å². The van der Waals surface area contributed by atoms with E-state index in [1.165, 1.54) is 6.08 Å². The Labute approximate surface area is 91.3 Å². The van der Waals surface area contributed by atoms with E-state index in [1.54, 1.807) is 27.7 Å². The minimum Gasteiger partial charge on any atom is -0.444 e. The van der Waals surface area contributed by atoms with Gasteiger partial charge in [0.25, 0.3) is 0 Å². The van der Waals surface area contributed by atoms with Crippen LogP contribution in [0.3, 0.4) is 0 Å². The Balaban J connectivity index is 4.55. The number of rotatable bonds is 1. The average Bonchev–Trinajstić information content (AvgIpc) is 1.99. The monoisotopic (exact) mass is 236 g/mol. The minimum absolute atomic E-state index is 0.232. The fourth-order valence-electron chi connectivity index (χ4n) is 0.496. The van der Waals surface area contributed by atoms with Gasteiger partial charge in [-0.25, -0.2) is 4.79 Å². The molecule has 0 aliphatic carbocycles. The molecule has 14 heavy (non-hydrogen) atoms. The van der Waals surface area contributed by atoms with E-state index in [-0.39, 0.29) is 4.24 Å². The molecule has 0 aromatic heterocycles. The summed E-state index contributed by atoms with van der Waals surface area (Å²) >= 11 is 3.87. The molecular formula is C8H14NO3S2-. The topological polar surface area (TPSA) is 55.7 Å². The molecule has 0 atom stereocenters. The third-order valence-corrected chi connectivity index (χ3v) is 2.61. The van der Waals surface area contributed by atoms with Crippen LogP contribution in [0.4, 0.5) is 4.79 Å². The van der Waals surface area contributed by atoms with Crippen molar-refractivity contribution in [1.82, 2.24) is 0 Å². The van der Waals surface area contributed by atoms with Crippen LogP contribution in [-0.2, 0) is 19.5 Å². The first-order valence-electron chi connectivity index (χ1n) is 3.98. The first kappa shape index (κ1) is 13.5. The lowest BCUT2D eigenvalue weighted by molar-refractivity contribution is 0.0608. The highest BCUT2D eigenvalue weighted by Gasteiger charge is 2.13. The Hall–Kier alpha value is -0.490. The zero-order chi connectivity index (χ0) is 11.4. The smallest absolute Gasteiger partial charge is 0.410 e. The van der Waals surface area contributed by atoms with Crippen molar-refractivity contribution in [2.75, 3.05) is 0 Å². The molecule has 82 valence electrons. The zero-order valence-corrected chi connectivity index (χ0v) is 10.3. The van der Waals surface area contributed by atoms with E-state index in [2.05, 4.69) is 17.0 Å². The van der Waals surface area contributed by atoms with Crippen molar-refractivity contribution in [1.29, 1.82) is 0 Å². The predicted octanol–water partition coefficient (Wildman–Crippen LogP) is 2.86. The lowest BCUT2D eigenvalue weighted by Gasteiger charge is -2.18. The van der Waals surface area contributed by atoms with Gasteiger partial charge in [0.05, 0.1) is 0 Å². The Kier molecular flexibility index (Phi) is 5.22. The first-order valence-corrected chi connectivity index (χ1v) is 5.53. The number of ether oxygens (including phenoxy) is 1. The number of nitrogens with zero attached hydrogens (tertiary/aromatic N) is 1. The highest BCUT2D eigenvalue weighted by atomic mass is 32.2. The van der Waals surface area contributed by atoms with E-state index in [0.29, 0.717) is 0 Å². The summed E-state index contributed by atoms with van der Waals surface area (Å²) in [4.78, 5) is 11.0. The van der Waals surface area contributed by atoms with E-state index in [9.17, 15) is 9.00 Å². The predicted molar refractivity (Wildman–Crippen MR) is 59.5 cm³/mol. The average molecular weight is 236 g/mol. The maximum atomic E-state index is 11.2. The van der Waals surface area contributed by atoms with Gasteiger partial charge in [-0.2, -0.15) is 12.6 Å². The maximum absolute atomic E-state index is 11.2. The van der Waals surface area contributed by atoms with Crippen LogP contribution in [-0.4, -0.2) is 11.7 Å². The molecule has 0 saturated heterocycles. The number of amides is 1. The van der Waals surface area contributed by atoms with Gasteiger partial charge in [-0.1, -0.05) is 10.3 Å². The van der Waals surface area contributed by atoms with Gasteiger partial charge in [0.2, 0.25) is 0 Å². The third kappa shape index (κ3) is 6.04. The van der Waals surface area contributed by atoms with Crippen molar-refractivity contribution in [3.05, 3.63) is 10.3 Å². The molecule has 0 aliphatic heterocycles. The number of carbonyl (C=O) groups is 1. The lowest BCUT2D eigenvalue weighted by atomic mass is 10.2. The van der Waals surface area contributed by atoms with Crippen LogP contribution in [0.5, 0.6) is 0 Å². The van der Waals surface area contributed by atoms with Crippen LogP contribution in [0.25, 0.3) is 0 Å². The second-order valence-corrected chi connectivity index (χ2v) is 5.35. The van der Waals surface area contributed by atoms with Crippen molar-refractivity contribution in [2.45, 2.75) is 33.3 Å². The van der Waals surface area contributed by atoms with Gasteiger partial charge in [-0.3, -0.25) is 4.36 Å². The summed E-state index contributed by atoms with van der Waals surface area (Å²) < 4.78 is 19.5. The summed E-state index contributed by atoms with van der Waals surface area (Å²) in [5.41, 5.74) is -0.628. The van der Waals surface area contributed by atoms with Gasteiger partial charge in [-0.15, -0.1) is 10.6 Å². The molecule has 0 bridgehead atoms. The molecule has 0 aromatic carbocycles. The largest absolute Gasteiger partial charge is 0.444 e. The van der Waals surface area contributed by atoms with E-state index in [0.717, 1.165) is 0 Å². The number of allylic oxidation sites excluding steroid dienone is 1. The number of carbonyl (C=O) groups excluding carboxylic acids is 1. The van der Waals surface area contributed by atoms with Crippen LogP contribution in [0.15, 0.2) is 14.7 Å². The fourth-order valence-corrected chi connectivity index (χ4v) is 1.09. The van der Waals surface area contributed by atoms with Crippen molar-refractivity contribution in [2.24, 2.45) is 4.36 Å². The van der Waals surface area contributed by atoms with Crippen LogP contribution in [0.1, 0.15) is 27.7 Å². The molecule has 1 amide bonds. The molecule has 0 rings (SSSR count). The summed E-state index contributed by atoms with van der Waals surface area (Å²) in [6.45, 7) is 6.78. The summed E-state index contributed by atoms with van der Waals surface area (Å²) in [7, 11) is -1.75. The standard InChI is InChI=1S/C8H14NO3S2/c1-5-6(13)14(11)9-7(10)12-8(2,3)4/h5,13H,1-4H3/q-1/b6-5+. The molecular weight excluding hydrogens is 222 g/mol. The van der Waals surface area contributed by atoms with Crippen LogP contribution < -0.4 is 0 Å². The van der Waals surface area contributed by atoms with E-state index >= 15 is 0 Å². The van der Waals surface area contributed by atoms with Gasteiger partial charge >= 0.3 is 6.09 Å². The summed E-state index contributed by atoms with van der Waals surface area (Å²) in [6, 6.07) is 0. The molecule has 6 heteroatoms. The van der Waals surface area contributed by atoms with Gasteiger partial charge in [0.1, 0.15) is 5.60 Å². The van der Waals surface area contributed by atoms with Crippen LogP contribution in [0, 0.1) is 0 Å². The molecule has 0 spiro atoms. The molecule has 0 aliphatic rings. The second kappa shape index (κ2) is 5.41. The van der Waals surface area contributed by atoms with Crippen molar-refractivity contribution >= 4 is 29.3 Å². The van der Waals surface area contributed by atoms with Crippen LogP contribution >= 0.6 is 12.6 Å². The van der Waals surface area contributed by atoms with Crippen molar-refractivity contribution < 1.29 is 13.7 Å². The number of hydrogen-bond donors (Lipinski definition) is 1. The quantitative estimate of drug-likeness (QED) is 0.562. The molecule has 4 nitrogen and oxygen atoms in total. The Morgan fingerprint density at radius 3 is 2.36 bits per heavy atom. The molecule has 0 unspecified atom stereocenters. The zero-order valence-electron chi connectivity index (χ0n) is 8.60. The Morgan fingerprint density at radius 2 is 2.00 bits per heavy atom. The van der Waals surface area contributed by atoms with E-state index in [1.807, 2.05) is 0 Å². The van der Waals surface area contributed by atoms with Gasteiger partial charge < -0.3 is 8.95 Å². The Morgan fingerprint density at radius 1 is 1.50 bits per heavy atom. The molecule has 0 heterocycles. The summed E-state index contributed by atoms with van der Waals surface area (Å²) in [5.74, 6) is 0. The van der Waals surface area contributed by atoms with Gasteiger partial charge in [0, 0.05) is 0 Å². The molecule has 0 saturated carbocycles. The van der Waals surface area contributed by atoms with Gasteiger partial charge in [-0.05, 0) is 27.7 Å². The maximum Gasteiger partial charge on any atom is 0.410 e. The van der Waals surface area contributed by atoms with Crippen molar-refractivity contribution in [3.63, 3.8) is 0 Å². The molecule has 0 fully saturated rings. The second-order valence-electron chi connectivity index (χ2n) is 3.45. The minimum atomic E-state index is -1.75. The highest BCUT2D eigenvalue weighted by molar-refractivity contribution is 8.02. The van der Waals surface area contributed by atoms with E-state index in [4.69, 9.17) is 4.74 Å². The summed E-state index contributed by atoms with van der Waals surface area (Å²) in [6.07, 6.45) is 0.664. The highest BCUT2D eigenvalue weighted by Crippen LogP contribution is 2.09. The normalized spacial score (nSPS) is 15.4. The van der Waals surface area contributed by atoms with Gasteiger partial charge in [0.15, 0.2) is 0 Å². The molecule has 0 N–H and O–H groups in total. The third-order valence-electron chi connectivity index (χ3n) is 0.977. The number of hydrogen-bond acceptors (Lipinski definition) is 5. The Bertz CT molecular complexity index is 322. The first-order chi connectivity index (χ1) is 6.26. The fraction of sp³-hybridized carbons (Fsp3) is 0.625. The van der Waals surface area contributed by atoms with Crippen LogP contribution in [0.2, 0.25) is 0 Å². The van der Waals surface area contributed by atoms with Crippen molar-refractivity contribution in [3.8, 4) is 0 Å². The number of thiol groups is 1. The molecule has 0 radical (unpaired) electrons.